The summed E-state index contributed by atoms with van der Waals surface area (Å²) < 4.78 is 0. The van der Waals surface area contributed by atoms with E-state index in [1.165, 1.54) is 11.8 Å². The third kappa shape index (κ3) is 11.9. The van der Waals surface area contributed by atoms with Crippen LogP contribution in [0.25, 0.3) is 0 Å². The number of amides is 6. The summed E-state index contributed by atoms with van der Waals surface area (Å²) in [6.45, 7) is 4.66. The van der Waals surface area contributed by atoms with Gasteiger partial charge >= 0.3 is 0 Å². The summed E-state index contributed by atoms with van der Waals surface area (Å²) in [6.07, 6.45) is 2.42. The average molecular weight is 572 g/mol. The molecule has 0 aliphatic carbocycles. The maximum absolute atomic E-state index is 12.5. The number of hydrogen-bond acceptors (Lipinski definition) is 7. The van der Waals surface area contributed by atoms with E-state index in [0.29, 0.717) is 25.8 Å². The lowest BCUT2D eigenvalue weighted by molar-refractivity contribution is -0.140. The largest absolute Gasteiger partial charge is 0.347 e. The molecule has 0 bridgehead atoms. The van der Waals surface area contributed by atoms with Crippen LogP contribution in [0.15, 0.2) is 30.3 Å². The van der Waals surface area contributed by atoms with Gasteiger partial charge in [0.1, 0.15) is 11.8 Å². The molecule has 2 unspecified atom stereocenters. The van der Waals surface area contributed by atoms with Crippen molar-refractivity contribution >= 4 is 41.2 Å². The number of unbranched alkanes of at least 4 members (excludes halogenated alkanes) is 2. The fourth-order valence-corrected chi connectivity index (χ4v) is 4.34. The van der Waals surface area contributed by atoms with Crippen LogP contribution in [-0.2, 0) is 40.0 Å². The maximum atomic E-state index is 12.5. The van der Waals surface area contributed by atoms with Gasteiger partial charge in [-0.05, 0) is 31.2 Å². The fourth-order valence-electron chi connectivity index (χ4n) is 4.34. The molecule has 0 saturated carbocycles. The van der Waals surface area contributed by atoms with Crippen LogP contribution in [0.5, 0.6) is 0 Å². The molecule has 6 amide bonds. The Balaban J connectivity index is 1.65. The van der Waals surface area contributed by atoms with E-state index in [9.17, 15) is 33.6 Å². The Morgan fingerprint density at radius 1 is 0.854 bits per heavy atom. The number of nitrogens with zero attached hydrogens (tertiary/aromatic N) is 1. The minimum atomic E-state index is -0.945. The van der Waals surface area contributed by atoms with Crippen molar-refractivity contribution in [2.75, 3.05) is 26.2 Å². The second kappa shape index (κ2) is 16.9. The van der Waals surface area contributed by atoms with Gasteiger partial charge in [0.2, 0.25) is 35.4 Å². The zero-order valence-corrected chi connectivity index (χ0v) is 24.0. The highest BCUT2D eigenvalue weighted by Crippen LogP contribution is 2.26. The molecular weight excluding hydrogens is 530 g/mol. The van der Waals surface area contributed by atoms with E-state index in [4.69, 9.17) is 0 Å². The van der Waals surface area contributed by atoms with Crippen molar-refractivity contribution in [2.45, 2.75) is 65.3 Å². The number of benzene rings is 1. The second-order valence-electron chi connectivity index (χ2n) is 10.5. The molecule has 224 valence electrons. The lowest BCUT2D eigenvalue weighted by Gasteiger charge is -2.18. The van der Waals surface area contributed by atoms with Crippen molar-refractivity contribution in [3.8, 4) is 0 Å². The molecule has 1 fully saturated rings. The Labute approximate surface area is 240 Å². The maximum Gasteiger partial charge on any atom is 0.243 e. The SMILES string of the molecule is CC(=O)CNC(=O)C(Cc1ccccc1)NC(=O)CNC(=O)CNC(=O)CCCCCN1C(=O)CC(C(C)C)C1=O. The molecule has 1 aliphatic heterocycles. The van der Waals surface area contributed by atoms with Gasteiger partial charge in [-0.1, -0.05) is 50.6 Å². The second-order valence-corrected chi connectivity index (χ2v) is 10.5. The fraction of sp³-hybridized carbons (Fsp3) is 0.552. The molecule has 1 aromatic rings. The number of carbonyl (C=O) groups is 7. The predicted molar refractivity (Wildman–Crippen MR) is 150 cm³/mol. The van der Waals surface area contributed by atoms with E-state index in [-0.39, 0.29) is 67.7 Å². The van der Waals surface area contributed by atoms with Crippen molar-refractivity contribution in [1.82, 2.24) is 26.2 Å². The first kappa shape index (κ1) is 33.1. The highest BCUT2D eigenvalue weighted by atomic mass is 16.2. The number of ketones is 1. The van der Waals surface area contributed by atoms with E-state index in [1.807, 2.05) is 19.9 Å². The van der Waals surface area contributed by atoms with Gasteiger partial charge in [-0.2, -0.15) is 0 Å². The number of likely N-dealkylation sites (tertiary alicyclic amines) is 1. The number of hydrogen-bond donors (Lipinski definition) is 4. The van der Waals surface area contributed by atoms with E-state index in [2.05, 4.69) is 21.3 Å². The number of nitrogens with one attached hydrogen (secondary N) is 4. The molecule has 1 aliphatic rings. The third-order valence-corrected chi connectivity index (χ3v) is 6.71. The number of Topliss-reactive ketones (excluding diaryl/α,β-unsaturated/α-hetero) is 1. The monoisotopic (exact) mass is 571 g/mol. The van der Waals surface area contributed by atoms with Crippen molar-refractivity contribution in [1.29, 1.82) is 0 Å². The van der Waals surface area contributed by atoms with Gasteiger partial charge in [-0.25, -0.2) is 0 Å². The molecule has 1 aromatic carbocycles. The number of carbonyl (C=O) groups excluding carboxylic acids is 7. The summed E-state index contributed by atoms with van der Waals surface area (Å²) in [5.41, 5.74) is 0.806. The zero-order valence-electron chi connectivity index (χ0n) is 24.0. The summed E-state index contributed by atoms with van der Waals surface area (Å²) in [7, 11) is 0. The van der Waals surface area contributed by atoms with Crippen LogP contribution >= 0.6 is 0 Å². The van der Waals surface area contributed by atoms with Crippen LogP contribution in [-0.4, -0.2) is 78.3 Å². The first-order valence-corrected chi connectivity index (χ1v) is 14.0. The van der Waals surface area contributed by atoms with E-state index >= 15 is 0 Å². The van der Waals surface area contributed by atoms with Gasteiger partial charge in [0.15, 0.2) is 0 Å². The number of imide groups is 1. The Hall–Kier alpha value is -4.09. The van der Waals surface area contributed by atoms with Gasteiger partial charge < -0.3 is 21.3 Å². The normalized spacial score (nSPS) is 15.4. The van der Waals surface area contributed by atoms with E-state index < -0.39 is 30.3 Å². The van der Waals surface area contributed by atoms with Crippen molar-refractivity contribution in [3.05, 3.63) is 35.9 Å². The Bertz CT molecular complexity index is 1110. The van der Waals surface area contributed by atoms with Crippen molar-refractivity contribution in [3.63, 3.8) is 0 Å². The Morgan fingerprint density at radius 2 is 1.51 bits per heavy atom. The van der Waals surface area contributed by atoms with Gasteiger partial charge in [0.05, 0.1) is 19.6 Å². The minimum Gasteiger partial charge on any atom is -0.347 e. The summed E-state index contributed by atoms with van der Waals surface area (Å²) >= 11 is 0. The molecule has 0 aromatic heterocycles. The van der Waals surface area contributed by atoms with Crippen LogP contribution in [0.4, 0.5) is 0 Å². The van der Waals surface area contributed by atoms with Crippen molar-refractivity contribution in [2.24, 2.45) is 11.8 Å². The van der Waals surface area contributed by atoms with Crippen LogP contribution in [0.3, 0.4) is 0 Å². The van der Waals surface area contributed by atoms with Crippen LogP contribution < -0.4 is 21.3 Å². The topological polar surface area (TPSA) is 171 Å². The summed E-state index contributed by atoms with van der Waals surface area (Å²) in [6, 6.07) is 8.09. The number of rotatable bonds is 17. The molecule has 4 N–H and O–H groups in total. The molecule has 0 radical (unpaired) electrons. The van der Waals surface area contributed by atoms with Gasteiger partial charge in [-0.15, -0.1) is 0 Å². The van der Waals surface area contributed by atoms with Gasteiger partial charge in [-0.3, -0.25) is 38.5 Å². The average Bonchev–Trinajstić information content (AvgIpc) is 3.22. The first-order valence-electron chi connectivity index (χ1n) is 14.0. The minimum absolute atomic E-state index is 0.119. The molecule has 0 spiro atoms. The molecular formula is C29H41N5O7. The van der Waals surface area contributed by atoms with Gasteiger partial charge in [0, 0.05) is 31.7 Å². The summed E-state index contributed by atoms with van der Waals surface area (Å²) in [4.78, 5) is 86.0. The summed E-state index contributed by atoms with van der Waals surface area (Å²) in [5, 5.41) is 9.95. The molecule has 2 rings (SSSR count). The van der Waals surface area contributed by atoms with Crippen LogP contribution in [0.1, 0.15) is 58.4 Å². The standard InChI is InChI=1S/C29H41N5O7/c1-19(2)22-15-27(39)34(29(22)41)13-9-5-8-12-24(36)30-17-25(37)31-18-26(38)33-23(28(40)32-16-20(3)35)14-21-10-6-4-7-11-21/h4,6-7,10-11,19,22-23H,5,8-9,12-18H2,1-3H3,(H,30,36)(H,31,37)(H,32,40)(H,33,38). The third-order valence-electron chi connectivity index (χ3n) is 6.71. The molecule has 12 nitrogen and oxygen atoms in total. The molecule has 41 heavy (non-hydrogen) atoms. The van der Waals surface area contributed by atoms with E-state index in [1.54, 1.807) is 24.3 Å². The van der Waals surface area contributed by atoms with Crippen molar-refractivity contribution < 1.29 is 33.6 Å². The lowest BCUT2D eigenvalue weighted by Crippen LogP contribution is -2.51. The molecule has 1 saturated heterocycles. The lowest BCUT2D eigenvalue weighted by atomic mass is 9.94. The molecule has 12 heteroatoms. The first-order chi connectivity index (χ1) is 19.5. The Morgan fingerprint density at radius 3 is 2.15 bits per heavy atom. The quantitative estimate of drug-likeness (QED) is 0.153. The van der Waals surface area contributed by atoms with Gasteiger partial charge in [0.25, 0.3) is 0 Å². The highest BCUT2D eigenvalue weighted by Gasteiger charge is 2.39. The molecule has 2 atom stereocenters. The smallest absolute Gasteiger partial charge is 0.243 e. The van der Waals surface area contributed by atoms with Crippen LogP contribution in [0, 0.1) is 11.8 Å². The Kier molecular flexibility index (Phi) is 13.6. The predicted octanol–water partition coefficient (Wildman–Crippen LogP) is 0.243. The van der Waals surface area contributed by atoms with Crippen LogP contribution in [0.2, 0.25) is 0 Å². The summed E-state index contributed by atoms with van der Waals surface area (Å²) in [5.74, 6) is -2.64. The van der Waals surface area contributed by atoms with E-state index in [0.717, 1.165) is 5.56 Å². The molecule has 1 heterocycles. The highest BCUT2D eigenvalue weighted by molar-refractivity contribution is 6.03. The zero-order chi connectivity index (χ0) is 30.4.